The number of hydrogen-bond donors (Lipinski definition) is 1. The van der Waals surface area contributed by atoms with Gasteiger partial charge in [0.2, 0.25) is 5.91 Å². The Kier molecular flexibility index (Phi) is 8.37. The number of halogens is 2. The van der Waals surface area contributed by atoms with E-state index in [2.05, 4.69) is 52.7 Å². The molecule has 1 heterocycles. The maximum atomic E-state index is 12.6. The van der Waals surface area contributed by atoms with Crippen LogP contribution in [-0.2, 0) is 17.1 Å². The van der Waals surface area contributed by atoms with E-state index in [1.54, 1.807) is 17.8 Å². The zero-order valence-corrected chi connectivity index (χ0v) is 20.4. The molecule has 0 atom stereocenters. The second-order valence-electron chi connectivity index (χ2n) is 8.27. The Hall–Kier alpha value is -1.72. The molecule has 1 aliphatic heterocycles. The van der Waals surface area contributed by atoms with E-state index >= 15 is 0 Å². The predicted octanol–water partition coefficient (Wildman–Crippen LogP) is 6.41. The molecule has 0 bridgehead atoms. The Morgan fingerprint density at radius 3 is 2.59 bits per heavy atom. The van der Waals surface area contributed by atoms with Gasteiger partial charge in [-0.05, 0) is 60.0 Å². The predicted molar refractivity (Wildman–Crippen MR) is 138 cm³/mol. The number of fused-ring (bicyclic) bond motifs is 1. The molecule has 0 spiro atoms. The van der Waals surface area contributed by atoms with Crippen molar-refractivity contribution in [2.75, 3.05) is 25.4 Å². The first kappa shape index (κ1) is 23.4. The third-order valence-corrected chi connectivity index (χ3v) is 7.65. The van der Waals surface area contributed by atoms with Gasteiger partial charge in [-0.1, -0.05) is 71.7 Å². The summed E-state index contributed by atoms with van der Waals surface area (Å²) in [5.41, 5.74) is 2.44. The summed E-state index contributed by atoms with van der Waals surface area (Å²) >= 11 is 13.9. The number of rotatable bonds is 8. The summed E-state index contributed by atoms with van der Waals surface area (Å²) in [7, 11) is 0. The molecule has 3 aromatic rings. The number of nitrogens with one attached hydrogen (secondary N) is 1. The molecule has 1 N–H and O–H groups in total. The topological polar surface area (TPSA) is 32.3 Å². The van der Waals surface area contributed by atoms with Crippen LogP contribution >= 0.6 is 35.0 Å². The first-order valence-electron chi connectivity index (χ1n) is 11.1. The van der Waals surface area contributed by atoms with Crippen LogP contribution in [0.2, 0.25) is 10.0 Å². The van der Waals surface area contributed by atoms with Gasteiger partial charge in [-0.2, -0.15) is 11.8 Å². The highest BCUT2D eigenvalue weighted by molar-refractivity contribution is 7.98. The molecule has 1 saturated heterocycles. The Morgan fingerprint density at radius 2 is 1.78 bits per heavy atom. The highest BCUT2D eigenvalue weighted by atomic mass is 35.5. The second kappa shape index (κ2) is 11.4. The van der Waals surface area contributed by atoms with Crippen LogP contribution in [0.4, 0.5) is 0 Å². The lowest BCUT2D eigenvalue weighted by atomic mass is 9.95. The minimum Gasteiger partial charge on any atom is -0.355 e. The molecule has 1 fully saturated rings. The van der Waals surface area contributed by atoms with Crippen LogP contribution < -0.4 is 5.32 Å². The van der Waals surface area contributed by atoms with Crippen molar-refractivity contribution in [3.63, 3.8) is 0 Å². The van der Waals surface area contributed by atoms with Crippen molar-refractivity contribution in [3.8, 4) is 0 Å². The van der Waals surface area contributed by atoms with Gasteiger partial charge in [-0.25, -0.2) is 0 Å². The molecule has 0 saturated carbocycles. The van der Waals surface area contributed by atoms with Crippen LogP contribution in [0.3, 0.4) is 0 Å². The van der Waals surface area contributed by atoms with E-state index in [-0.39, 0.29) is 11.8 Å². The molecule has 0 radical (unpaired) electrons. The van der Waals surface area contributed by atoms with Crippen molar-refractivity contribution in [2.45, 2.75) is 25.1 Å². The zero-order valence-electron chi connectivity index (χ0n) is 18.0. The Labute approximate surface area is 204 Å². The van der Waals surface area contributed by atoms with Gasteiger partial charge in [0.05, 0.1) is 0 Å². The van der Waals surface area contributed by atoms with E-state index in [0.29, 0.717) is 16.6 Å². The number of benzene rings is 3. The number of likely N-dealkylation sites (tertiary alicyclic amines) is 1. The lowest BCUT2D eigenvalue weighted by Crippen LogP contribution is -2.40. The maximum Gasteiger partial charge on any atom is 0.223 e. The van der Waals surface area contributed by atoms with Gasteiger partial charge >= 0.3 is 0 Å². The summed E-state index contributed by atoms with van der Waals surface area (Å²) in [5, 5.41) is 7.08. The van der Waals surface area contributed by atoms with E-state index in [1.807, 2.05) is 12.1 Å². The standard InChI is InChI=1S/C26H28Cl2N2OS/c27-23-9-8-22(25(28)16-23)18-32-15-12-29-26(31)20-10-13-30(14-11-20)17-21-6-3-5-19-4-1-2-7-24(19)21/h1-9,16,20H,10-15,17-18H2,(H,29,31). The normalized spacial score (nSPS) is 15.2. The summed E-state index contributed by atoms with van der Waals surface area (Å²) in [6, 6.07) is 20.7. The molecular formula is C26H28Cl2N2OS. The van der Waals surface area contributed by atoms with Crippen LogP contribution in [0.15, 0.2) is 60.7 Å². The van der Waals surface area contributed by atoms with Gasteiger partial charge < -0.3 is 5.32 Å². The summed E-state index contributed by atoms with van der Waals surface area (Å²) in [6.07, 6.45) is 1.84. The number of amides is 1. The van der Waals surface area contributed by atoms with Crippen molar-refractivity contribution in [1.82, 2.24) is 10.2 Å². The Balaban J connectivity index is 1.17. The van der Waals surface area contributed by atoms with Gasteiger partial charge in [0, 0.05) is 40.6 Å². The molecule has 0 aromatic heterocycles. The third kappa shape index (κ3) is 6.20. The summed E-state index contributed by atoms with van der Waals surface area (Å²) in [4.78, 5) is 15.1. The molecule has 1 aliphatic rings. The van der Waals surface area contributed by atoms with Gasteiger partial charge in [0.25, 0.3) is 0 Å². The molecule has 6 heteroatoms. The minimum absolute atomic E-state index is 0.120. The molecule has 1 amide bonds. The van der Waals surface area contributed by atoms with Crippen LogP contribution in [-0.4, -0.2) is 36.2 Å². The SMILES string of the molecule is O=C(NCCSCc1ccc(Cl)cc1Cl)C1CCN(Cc2cccc3ccccc23)CC1. The zero-order chi connectivity index (χ0) is 22.3. The average Bonchev–Trinajstić information content (AvgIpc) is 2.81. The van der Waals surface area contributed by atoms with Crippen molar-refractivity contribution in [2.24, 2.45) is 5.92 Å². The van der Waals surface area contributed by atoms with Gasteiger partial charge in [-0.3, -0.25) is 9.69 Å². The number of piperidine rings is 1. The average molecular weight is 487 g/mol. The van der Waals surface area contributed by atoms with Crippen molar-refractivity contribution in [3.05, 3.63) is 81.8 Å². The molecule has 4 rings (SSSR count). The lowest BCUT2D eigenvalue weighted by Gasteiger charge is -2.31. The van der Waals surface area contributed by atoms with E-state index in [4.69, 9.17) is 23.2 Å². The Morgan fingerprint density at radius 1 is 1.00 bits per heavy atom. The highest BCUT2D eigenvalue weighted by Crippen LogP contribution is 2.25. The fourth-order valence-electron chi connectivity index (χ4n) is 4.24. The number of carbonyl (C=O) groups is 1. The summed E-state index contributed by atoms with van der Waals surface area (Å²) < 4.78 is 0. The maximum absolute atomic E-state index is 12.6. The Bertz CT molecular complexity index is 1060. The first-order valence-corrected chi connectivity index (χ1v) is 13.0. The van der Waals surface area contributed by atoms with Gasteiger partial charge in [-0.15, -0.1) is 0 Å². The molecule has 3 aromatic carbocycles. The molecule has 32 heavy (non-hydrogen) atoms. The fourth-order valence-corrected chi connectivity index (χ4v) is 5.65. The van der Waals surface area contributed by atoms with Crippen molar-refractivity contribution < 1.29 is 4.79 Å². The van der Waals surface area contributed by atoms with Crippen LogP contribution in [0.5, 0.6) is 0 Å². The van der Waals surface area contributed by atoms with E-state index in [1.165, 1.54) is 16.3 Å². The summed E-state index contributed by atoms with van der Waals surface area (Å²) in [5.74, 6) is 2.00. The molecule has 3 nitrogen and oxygen atoms in total. The largest absolute Gasteiger partial charge is 0.355 e. The smallest absolute Gasteiger partial charge is 0.223 e. The van der Waals surface area contributed by atoms with Gasteiger partial charge in [0.15, 0.2) is 0 Å². The van der Waals surface area contributed by atoms with Crippen LogP contribution in [0.1, 0.15) is 24.0 Å². The number of thioether (sulfide) groups is 1. The number of hydrogen-bond acceptors (Lipinski definition) is 3. The number of carbonyl (C=O) groups excluding carboxylic acids is 1. The minimum atomic E-state index is 0.120. The molecule has 0 unspecified atom stereocenters. The second-order valence-corrected chi connectivity index (χ2v) is 10.2. The highest BCUT2D eigenvalue weighted by Gasteiger charge is 2.24. The first-order chi connectivity index (χ1) is 15.6. The van der Waals surface area contributed by atoms with Crippen molar-refractivity contribution >= 4 is 51.6 Å². The third-order valence-electron chi connectivity index (χ3n) is 6.05. The van der Waals surface area contributed by atoms with Crippen molar-refractivity contribution in [1.29, 1.82) is 0 Å². The van der Waals surface area contributed by atoms with Crippen LogP contribution in [0, 0.1) is 5.92 Å². The monoisotopic (exact) mass is 486 g/mol. The van der Waals surface area contributed by atoms with E-state index < -0.39 is 0 Å². The van der Waals surface area contributed by atoms with Crippen LogP contribution in [0.25, 0.3) is 10.8 Å². The fraction of sp³-hybridized carbons (Fsp3) is 0.346. The lowest BCUT2D eigenvalue weighted by molar-refractivity contribution is -0.126. The number of nitrogens with zero attached hydrogens (tertiary/aromatic N) is 1. The summed E-state index contributed by atoms with van der Waals surface area (Å²) in [6.45, 7) is 3.56. The van der Waals surface area contributed by atoms with E-state index in [9.17, 15) is 4.79 Å². The molecule has 0 aliphatic carbocycles. The quantitative estimate of drug-likeness (QED) is 0.373. The van der Waals surface area contributed by atoms with Gasteiger partial charge in [0.1, 0.15) is 0 Å². The van der Waals surface area contributed by atoms with E-state index in [0.717, 1.165) is 49.5 Å². The molecular weight excluding hydrogens is 459 g/mol. The molecule has 168 valence electrons.